The summed E-state index contributed by atoms with van der Waals surface area (Å²) in [7, 11) is 0. The van der Waals surface area contributed by atoms with Crippen LogP contribution in [0.2, 0.25) is 0 Å². The molecule has 3 atom stereocenters. The molecule has 1 heterocycles. The molecule has 150 valence electrons. The van der Waals surface area contributed by atoms with Crippen LogP contribution in [0.1, 0.15) is 50.8 Å². The van der Waals surface area contributed by atoms with Crippen molar-refractivity contribution in [2.75, 3.05) is 19.8 Å². The van der Waals surface area contributed by atoms with Gasteiger partial charge in [0.05, 0.1) is 5.54 Å². The number of ether oxygens (including phenoxy) is 2. The zero-order valence-electron chi connectivity index (χ0n) is 17.2. The summed E-state index contributed by atoms with van der Waals surface area (Å²) in [5.41, 5.74) is 2.14. The van der Waals surface area contributed by atoms with Crippen LogP contribution in [0, 0.1) is 0 Å². The van der Waals surface area contributed by atoms with Gasteiger partial charge in [0.2, 0.25) is 0 Å². The van der Waals surface area contributed by atoms with Crippen LogP contribution in [0.5, 0.6) is 0 Å². The number of hydrogen-bond donors (Lipinski definition) is 1. The first-order valence-electron chi connectivity index (χ1n) is 10.3. The largest absolute Gasteiger partial charge is 0.382 e. The van der Waals surface area contributed by atoms with Gasteiger partial charge in [0.25, 0.3) is 0 Å². The summed E-state index contributed by atoms with van der Waals surface area (Å²) in [5.74, 6) is 0.944. The number of amidine groups is 1. The van der Waals surface area contributed by atoms with Gasteiger partial charge in [0.15, 0.2) is 0 Å². The maximum atomic E-state index is 6.16. The number of nitrogens with one attached hydrogen (secondary N) is 1. The summed E-state index contributed by atoms with van der Waals surface area (Å²) in [6.07, 6.45) is 1.75. The predicted octanol–water partition coefficient (Wildman–Crippen LogP) is 4.87. The molecule has 1 aliphatic rings. The third kappa shape index (κ3) is 4.62. The molecule has 28 heavy (non-hydrogen) atoms. The summed E-state index contributed by atoms with van der Waals surface area (Å²) >= 11 is 0. The summed E-state index contributed by atoms with van der Waals surface area (Å²) < 4.78 is 11.6. The number of rotatable bonds is 10. The van der Waals surface area contributed by atoms with Gasteiger partial charge in [0.1, 0.15) is 18.0 Å². The van der Waals surface area contributed by atoms with Crippen molar-refractivity contribution >= 4 is 5.84 Å². The normalized spacial score (nSPS) is 22.5. The molecule has 2 aromatic carbocycles. The Balaban J connectivity index is 1.82. The third-order valence-corrected chi connectivity index (χ3v) is 5.32. The number of aliphatic imine (C=N–C) groups is 1. The molecule has 1 N–H and O–H groups in total. The first kappa shape index (κ1) is 20.6. The highest BCUT2D eigenvalue weighted by Crippen LogP contribution is 2.42. The fraction of sp³-hybridized carbons (Fsp3) is 0.458. The maximum Gasteiger partial charge on any atom is 0.127 e. The van der Waals surface area contributed by atoms with Crippen molar-refractivity contribution in [1.82, 2.24) is 5.32 Å². The van der Waals surface area contributed by atoms with Gasteiger partial charge >= 0.3 is 0 Å². The van der Waals surface area contributed by atoms with E-state index in [9.17, 15) is 0 Å². The first-order chi connectivity index (χ1) is 13.7. The fourth-order valence-corrected chi connectivity index (χ4v) is 3.78. The maximum absolute atomic E-state index is 6.16. The summed E-state index contributed by atoms with van der Waals surface area (Å²) in [6.45, 7) is 8.56. The van der Waals surface area contributed by atoms with Crippen molar-refractivity contribution in [3.63, 3.8) is 0 Å². The number of benzene rings is 2. The number of hydrogen-bond acceptors (Lipinski definition) is 4. The lowest BCUT2D eigenvalue weighted by Crippen LogP contribution is -2.45. The molecule has 4 heteroatoms. The minimum atomic E-state index is -0.306. The van der Waals surface area contributed by atoms with E-state index in [-0.39, 0.29) is 17.7 Å². The minimum Gasteiger partial charge on any atom is -0.382 e. The standard InChI is InChI=1S/C24H32N2O2/c1-4-21(28-18-12-17-27-5-2)23-25-22(19-13-8-6-9-14-19)24(3,26-23)20-15-10-7-11-16-20/h6-11,13-16,21-22H,4-5,12,17-18H2,1-3H3,(H,25,26)/t21?,22-,24+/m1/s1. The molecule has 1 unspecified atom stereocenters. The van der Waals surface area contributed by atoms with Gasteiger partial charge in [-0.3, -0.25) is 4.99 Å². The van der Waals surface area contributed by atoms with Gasteiger partial charge < -0.3 is 14.8 Å². The van der Waals surface area contributed by atoms with Gasteiger partial charge in [-0.2, -0.15) is 0 Å². The van der Waals surface area contributed by atoms with Gasteiger partial charge in [0, 0.05) is 19.8 Å². The van der Waals surface area contributed by atoms with Crippen LogP contribution in [0.4, 0.5) is 0 Å². The monoisotopic (exact) mass is 380 g/mol. The highest BCUT2D eigenvalue weighted by atomic mass is 16.5. The molecule has 0 spiro atoms. The molecule has 0 amide bonds. The molecule has 1 aliphatic heterocycles. The molecule has 0 fully saturated rings. The van der Waals surface area contributed by atoms with Crippen LogP contribution in [0.25, 0.3) is 0 Å². The predicted molar refractivity (Wildman–Crippen MR) is 115 cm³/mol. The Labute approximate surface area is 169 Å². The Hall–Kier alpha value is -2.17. The SMILES string of the molecule is CCOCCCOC(CC)C1=N[C@H](c2ccccc2)[C@](C)(c2ccccc2)N1. The van der Waals surface area contributed by atoms with Gasteiger partial charge in [-0.1, -0.05) is 67.6 Å². The van der Waals surface area contributed by atoms with Crippen LogP contribution in [-0.2, 0) is 15.0 Å². The average Bonchev–Trinajstić information content (AvgIpc) is 3.10. The van der Waals surface area contributed by atoms with Crippen LogP contribution in [0.15, 0.2) is 65.7 Å². The zero-order chi connectivity index (χ0) is 19.8. The van der Waals surface area contributed by atoms with E-state index in [1.54, 1.807) is 0 Å². The van der Waals surface area contributed by atoms with Gasteiger partial charge in [-0.25, -0.2) is 0 Å². The molecule has 2 aromatic rings. The van der Waals surface area contributed by atoms with Crippen molar-refractivity contribution in [2.24, 2.45) is 4.99 Å². The lowest BCUT2D eigenvalue weighted by atomic mass is 9.82. The van der Waals surface area contributed by atoms with Crippen LogP contribution < -0.4 is 5.32 Å². The highest BCUT2D eigenvalue weighted by Gasteiger charge is 2.43. The topological polar surface area (TPSA) is 42.9 Å². The fourth-order valence-electron chi connectivity index (χ4n) is 3.78. The van der Waals surface area contributed by atoms with Gasteiger partial charge in [-0.05, 0) is 37.8 Å². The van der Waals surface area contributed by atoms with E-state index >= 15 is 0 Å². The quantitative estimate of drug-likeness (QED) is 0.598. The summed E-state index contributed by atoms with van der Waals surface area (Å²) in [4.78, 5) is 5.12. The van der Waals surface area contributed by atoms with Crippen molar-refractivity contribution in [3.05, 3.63) is 71.8 Å². The molecule has 0 saturated heterocycles. The van der Waals surface area contributed by atoms with E-state index in [1.165, 1.54) is 11.1 Å². The molecule has 0 aromatic heterocycles. The average molecular weight is 381 g/mol. The highest BCUT2D eigenvalue weighted by molar-refractivity contribution is 5.89. The molecular weight excluding hydrogens is 348 g/mol. The van der Waals surface area contributed by atoms with E-state index in [0.717, 1.165) is 31.9 Å². The van der Waals surface area contributed by atoms with Crippen molar-refractivity contribution < 1.29 is 9.47 Å². The van der Waals surface area contributed by atoms with E-state index in [2.05, 4.69) is 73.8 Å². The van der Waals surface area contributed by atoms with Crippen LogP contribution in [-0.4, -0.2) is 31.8 Å². The Bertz CT molecular complexity index is 748. The Morgan fingerprint density at radius 2 is 1.68 bits per heavy atom. The molecule has 3 rings (SSSR count). The smallest absolute Gasteiger partial charge is 0.127 e. The zero-order valence-corrected chi connectivity index (χ0v) is 17.2. The minimum absolute atomic E-state index is 0.00664. The third-order valence-electron chi connectivity index (χ3n) is 5.32. The summed E-state index contributed by atoms with van der Waals surface area (Å²) in [6, 6.07) is 21.1. The van der Waals surface area contributed by atoms with Crippen molar-refractivity contribution in [1.29, 1.82) is 0 Å². The molecule has 4 nitrogen and oxygen atoms in total. The van der Waals surface area contributed by atoms with Crippen LogP contribution in [0.3, 0.4) is 0 Å². The van der Waals surface area contributed by atoms with Crippen molar-refractivity contribution in [3.8, 4) is 0 Å². The summed E-state index contributed by atoms with van der Waals surface area (Å²) in [5, 5.41) is 3.73. The van der Waals surface area contributed by atoms with E-state index in [1.807, 2.05) is 13.0 Å². The Morgan fingerprint density at radius 3 is 2.32 bits per heavy atom. The molecule has 0 bridgehead atoms. The lowest BCUT2D eigenvalue weighted by Gasteiger charge is -2.32. The van der Waals surface area contributed by atoms with Crippen molar-refractivity contribution in [2.45, 2.75) is 51.3 Å². The second-order valence-corrected chi connectivity index (χ2v) is 7.34. The van der Waals surface area contributed by atoms with E-state index < -0.39 is 0 Å². The molecule has 0 saturated carbocycles. The lowest BCUT2D eigenvalue weighted by molar-refractivity contribution is 0.0638. The first-order valence-corrected chi connectivity index (χ1v) is 10.3. The molecular formula is C24H32N2O2. The molecule has 0 radical (unpaired) electrons. The number of nitrogens with zero attached hydrogens (tertiary/aromatic N) is 1. The van der Waals surface area contributed by atoms with E-state index in [0.29, 0.717) is 6.61 Å². The Kier molecular flexibility index (Phi) is 7.24. The van der Waals surface area contributed by atoms with Crippen LogP contribution >= 0.6 is 0 Å². The Morgan fingerprint density at radius 1 is 1.00 bits per heavy atom. The molecule has 0 aliphatic carbocycles. The van der Waals surface area contributed by atoms with E-state index in [4.69, 9.17) is 14.5 Å². The second-order valence-electron chi connectivity index (χ2n) is 7.34. The second kappa shape index (κ2) is 9.85. The van der Waals surface area contributed by atoms with Gasteiger partial charge in [-0.15, -0.1) is 0 Å².